The van der Waals surface area contributed by atoms with E-state index < -0.39 is 5.97 Å². The molecule has 3 heterocycles. The molecule has 0 unspecified atom stereocenters. The molecule has 3 aromatic heterocycles. The summed E-state index contributed by atoms with van der Waals surface area (Å²) >= 11 is 1.52. The van der Waals surface area contributed by atoms with E-state index in [4.69, 9.17) is 14.8 Å². The number of carboxylic acids is 1. The summed E-state index contributed by atoms with van der Waals surface area (Å²) in [6.07, 6.45) is 8.60. The molecule has 0 saturated heterocycles. The Morgan fingerprint density at radius 3 is 2.67 bits per heavy atom. The number of anilines is 1. The molecule has 3 saturated carbocycles. The number of nitrogens with zero attached hydrogens (tertiary/aromatic N) is 4. The lowest BCUT2D eigenvalue weighted by Gasteiger charge is -2.52. The molecule has 0 radical (unpaired) electrons. The maximum atomic E-state index is 13.2. The summed E-state index contributed by atoms with van der Waals surface area (Å²) in [5.74, 6) is 0.0633. The van der Waals surface area contributed by atoms with E-state index in [-0.39, 0.29) is 28.9 Å². The lowest BCUT2D eigenvalue weighted by atomic mass is 9.53. The van der Waals surface area contributed by atoms with Gasteiger partial charge in [0.2, 0.25) is 5.95 Å². The highest BCUT2D eigenvalue weighted by atomic mass is 32.1. The molecule has 0 amide bonds. The number of rotatable bonds is 9. The second-order valence-corrected chi connectivity index (χ2v) is 10.1. The summed E-state index contributed by atoms with van der Waals surface area (Å²) in [6.45, 7) is 2.79. The first-order chi connectivity index (χ1) is 15.9. The smallest absolute Gasteiger partial charge is 0.322 e. The van der Waals surface area contributed by atoms with Crippen LogP contribution in [0.3, 0.4) is 0 Å². The van der Waals surface area contributed by atoms with Crippen molar-refractivity contribution in [1.82, 2.24) is 24.5 Å². The average Bonchev–Trinajstić information content (AvgIpc) is 3.50. The minimum absolute atomic E-state index is 0.0830. The van der Waals surface area contributed by atoms with Gasteiger partial charge in [-0.25, -0.2) is 9.97 Å². The molecule has 2 bridgehead atoms. The number of carbonyl (C=O) groups is 1. The van der Waals surface area contributed by atoms with Crippen molar-refractivity contribution >= 4 is 34.4 Å². The van der Waals surface area contributed by atoms with Gasteiger partial charge >= 0.3 is 5.97 Å². The zero-order valence-corrected chi connectivity index (χ0v) is 19.4. The molecule has 0 aliphatic heterocycles. The molecule has 0 aromatic carbocycles. The second kappa shape index (κ2) is 8.44. The monoisotopic (exact) mass is 472 g/mol. The summed E-state index contributed by atoms with van der Waals surface area (Å²) in [7, 11) is 0. The number of hydrogen-bond acceptors (Lipinski definition) is 8. The first-order valence-electron chi connectivity index (χ1n) is 11.4. The minimum Gasteiger partial charge on any atom is -0.480 e. The average molecular weight is 473 g/mol. The van der Waals surface area contributed by atoms with Gasteiger partial charge < -0.3 is 20.1 Å². The number of hydrogen-bond donors (Lipinski definition) is 3. The third-order valence-corrected chi connectivity index (χ3v) is 7.95. The van der Waals surface area contributed by atoms with Crippen LogP contribution in [0.25, 0.3) is 11.2 Å². The number of H-pyrrole nitrogens is 1. The van der Waals surface area contributed by atoms with Crippen LogP contribution >= 0.6 is 11.3 Å². The van der Waals surface area contributed by atoms with Crippen LogP contribution in [0.4, 0.5) is 5.95 Å². The summed E-state index contributed by atoms with van der Waals surface area (Å²) in [4.78, 5) is 41.0. The van der Waals surface area contributed by atoms with Crippen molar-refractivity contribution in [2.75, 3.05) is 18.5 Å². The van der Waals surface area contributed by atoms with E-state index in [1.807, 2.05) is 12.3 Å². The van der Waals surface area contributed by atoms with E-state index in [9.17, 15) is 9.59 Å². The molecule has 3 aliphatic rings. The molecule has 10 nitrogen and oxygen atoms in total. The summed E-state index contributed by atoms with van der Waals surface area (Å²) < 4.78 is 7.47. The number of aromatic nitrogens is 5. The van der Waals surface area contributed by atoms with Crippen LogP contribution < -0.4 is 15.6 Å². The summed E-state index contributed by atoms with van der Waals surface area (Å²) in [5, 5.41) is 14.4. The number of carboxylic acid groups (broad SMARTS) is 1. The largest absolute Gasteiger partial charge is 0.480 e. The lowest BCUT2D eigenvalue weighted by molar-refractivity contribution is -0.134. The van der Waals surface area contributed by atoms with E-state index in [0.717, 1.165) is 56.0 Å². The van der Waals surface area contributed by atoms with Gasteiger partial charge in [0.05, 0.1) is 6.61 Å². The van der Waals surface area contributed by atoms with E-state index in [0.29, 0.717) is 24.3 Å². The zero-order chi connectivity index (χ0) is 23.1. The van der Waals surface area contributed by atoms with Gasteiger partial charge in [-0.1, -0.05) is 18.3 Å². The maximum Gasteiger partial charge on any atom is 0.322 e. The standard InChI is InChI=1S/C22H28N6O4S/c1-2-10-28-17(31)15-16(27-19(28)24-12-14(29)30)26-18(25-15)22-6-3-21(4-7-22,5-8-22)13-32-20-23-9-11-33-20/h9,11H,2-8,10,12-13H2,1H3,(H,24,27)(H,25,26)(H,29,30). The van der Waals surface area contributed by atoms with Crippen LogP contribution in [0.2, 0.25) is 0 Å². The van der Waals surface area contributed by atoms with Crippen LogP contribution in [0, 0.1) is 5.41 Å². The molecule has 0 atom stereocenters. The number of nitrogens with one attached hydrogen (secondary N) is 2. The predicted molar refractivity (Wildman–Crippen MR) is 124 cm³/mol. The predicted octanol–water partition coefficient (Wildman–Crippen LogP) is 3.15. The van der Waals surface area contributed by atoms with E-state index in [2.05, 4.69) is 20.3 Å². The molecular weight excluding hydrogens is 444 g/mol. The van der Waals surface area contributed by atoms with Crippen LogP contribution in [-0.2, 0) is 16.8 Å². The van der Waals surface area contributed by atoms with Crippen LogP contribution in [0.5, 0.6) is 5.19 Å². The van der Waals surface area contributed by atoms with Gasteiger partial charge in [0.1, 0.15) is 12.4 Å². The molecule has 11 heteroatoms. The fraction of sp³-hybridized carbons (Fsp3) is 0.591. The Morgan fingerprint density at radius 2 is 2.03 bits per heavy atom. The highest BCUT2D eigenvalue weighted by molar-refractivity contribution is 7.11. The maximum absolute atomic E-state index is 13.2. The van der Waals surface area contributed by atoms with E-state index in [1.165, 1.54) is 15.9 Å². The van der Waals surface area contributed by atoms with Crippen molar-refractivity contribution < 1.29 is 14.6 Å². The zero-order valence-electron chi connectivity index (χ0n) is 18.6. The Balaban J connectivity index is 1.40. The van der Waals surface area contributed by atoms with Gasteiger partial charge in [0.15, 0.2) is 11.2 Å². The molecule has 3 N–H and O–H groups in total. The molecule has 176 valence electrons. The normalized spacial score (nSPS) is 24.3. The quantitative estimate of drug-likeness (QED) is 0.432. The van der Waals surface area contributed by atoms with Crippen molar-refractivity contribution in [3.63, 3.8) is 0 Å². The van der Waals surface area contributed by atoms with Crippen molar-refractivity contribution in [2.24, 2.45) is 5.41 Å². The molecule has 3 aliphatic carbocycles. The van der Waals surface area contributed by atoms with Gasteiger partial charge in [0.25, 0.3) is 10.8 Å². The molecule has 0 spiro atoms. The fourth-order valence-electron chi connectivity index (χ4n) is 5.29. The molecule has 3 fully saturated rings. The van der Waals surface area contributed by atoms with Crippen molar-refractivity contribution in [3.05, 3.63) is 27.8 Å². The Hall–Kier alpha value is -2.95. The first-order valence-corrected chi connectivity index (χ1v) is 12.3. The Bertz CT molecular complexity index is 1190. The van der Waals surface area contributed by atoms with Crippen LogP contribution in [0.15, 0.2) is 16.4 Å². The van der Waals surface area contributed by atoms with E-state index >= 15 is 0 Å². The molecular formula is C22H28N6O4S. The second-order valence-electron chi connectivity index (χ2n) is 9.29. The Kier molecular flexibility index (Phi) is 5.59. The summed E-state index contributed by atoms with van der Waals surface area (Å²) in [5.41, 5.74) is 0.616. The molecule has 3 aromatic rings. The number of aliphatic carboxylic acids is 1. The Labute approximate surface area is 194 Å². The van der Waals surface area contributed by atoms with Crippen molar-refractivity contribution in [3.8, 4) is 5.19 Å². The highest BCUT2D eigenvalue weighted by Crippen LogP contribution is 2.57. The third kappa shape index (κ3) is 3.98. The fourth-order valence-corrected chi connectivity index (χ4v) is 5.78. The number of ether oxygens (including phenoxy) is 1. The number of fused-ring (bicyclic) bond motifs is 4. The van der Waals surface area contributed by atoms with Gasteiger partial charge in [-0.2, -0.15) is 4.98 Å². The number of aromatic amines is 1. The van der Waals surface area contributed by atoms with Gasteiger partial charge in [-0.05, 0) is 44.9 Å². The van der Waals surface area contributed by atoms with Crippen molar-refractivity contribution in [2.45, 2.75) is 63.8 Å². The van der Waals surface area contributed by atoms with Crippen molar-refractivity contribution in [1.29, 1.82) is 0 Å². The first kappa shape index (κ1) is 21.9. The lowest BCUT2D eigenvalue weighted by Crippen LogP contribution is -2.47. The van der Waals surface area contributed by atoms with Crippen LogP contribution in [0.1, 0.15) is 57.7 Å². The van der Waals surface area contributed by atoms with Gasteiger partial charge in [0, 0.05) is 29.0 Å². The molecule has 33 heavy (non-hydrogen) atoms. The van der Waals surface area contributed by atoms with Crippen LogP contribution in [-0.4, -0.2) is 48.7 Å². The SMILES string of the molecule is CCCn1c(NCC(=O)O)nc2nc(C34CCC(COc5nccs5)(CC3)CC4)[nH]c2c1=O. The summed E-state index contributed by atoms with van der Waals surface area (Å²) in [6, 6.07) is 0. The topological polar surface area (TPSA) is 135 Å². The Morgan fingerprint density at radius 1 is 1.27 bits per heavy atom. The highest BCUT2D eigenvalue weighted by Gasteiger charge is 2.51. The number of thiazole rings is 1. The van der Waals surface area contributed by atoms with E-state index in [1.54, 1.807) is 6.20 Å². The molecule has 6 rings (SSSR count). The minimum atomic E-state index is -1.01. The number of imidazole rings is 1. The van der Waals surface area contributed by atoms with Gasteiger partial charge in [-0.3, -0.25) is 14.2 Å². The third-order valence-electron chi connectivity index (χ3n) is 7.27. The van der Waals surface area contributed by atoms with Gasteiger partial charge in [-0.15, -0.1) is 0 Å².